The first kappa shape index (κ1) is 21.1. The van der Waals surface area contributed by atoms with E-state index >= 15 is 0 Å². The van der Waals surface area contributed by atoms with Crippen molar-refractivity contribution in [1.29, 1.82) is 0 Å². The minimum atomic E-state index is -0.924. The van der Waals surface area contributed by atoms with E-state index in [1.807, 2.05) is 0 Å². The SMILES string of the molecule is CCCCCCCCOC(=O)Oc1c(C(=O)OCC)ccc(N)c1Cl. The van der Waals surface area contributed by atoms with Crippen LogP contribution in [0.3, 0.4) is 0 Å². The third-order valence-corrected chi connectivity index (χ3v) is 3.92. The molecule has 0 atom stereocenters. The van der Waals surface area contributed by atoms with E-state index in [9.17, 15) is 9.59 Å². The molecule has 0 heterocycles. The number of rotatable bonds is 10. The molecule has 0 saturated heterocycles. The van der Waals surface area contributed by atoms with Crippen molar-refractivity contribution in [2.24, 2.45) is 0 Å². The first-order valence-electron chi connectivity index (χ1n) is 8.60. The van der Waals surface area contributed by atoms with E-state index in [0.717, 1.165) is 19.3 Å². The maximum absolute atomic E-state index is 11.9. The van der Waals surface area contributed by atoms with E-state index in [1.165, 1.54) is 31.4 Å². The summed E-state index contributed by atoms with van der Waals surface area (Å²) in [5.41, 5.74) is 5.92. The molecular formula is C18H26ClNO5. The van der Waals surface area contributed by atoms with Crippen molar-refractivity contribution in [3.8, 4) is 5.75 Å². The van der Waals surface area contributed by atoms with Crippen molar-refractivity contribution in [1.82, 2.24) is 0 Å². The highest BCUT2D eigenvalue weighted by Crippen LogP contribution is 2.34. The Labute approximate surface area is 153 Å². The number of benzene rings is 1. The maximum Gasteiger partial charge on any atom is 0.513 e. The lowest BCUT2D eigenvalue weighted by Crippen LogP contribution is -2.15. The van der Waals surface area contributed by atoms with Gasteiger partial charge in [-0.15, -0.1) is 0 Å². The zero-order chi connectivity index (χ0) is 18.7. The van der Waals surface area contributed by atoms with Crippen LogP contribution in [0, 0.1) is 0 Å². The number of hydrogen-bond acceptors (Lipinski definition) is 6. The average molecular weight is 372 g/mol. The van der Waals surface area contributed by atoms with Gasteiger partial charge >= 0.3 is 12.1 Å². The number of unbranched alkanes of at least 4 members (excludes halogenated alkanes) is 5. The molecule has 0 aliphatic heterocycles. The number of anilines is 1. The minimum absolute atomic E-state index is 0.0255. The predicted octanol–water partition coefficient (Wildman–Crippen LogP) is 4.97. The van der Waals surface area contributed by atoms with Crippen LogP contribution < -0.4 is 10.5 Å². The lowest BCUT2D eigenvalue weighted by molar-refractivity contribution is 0.0520. The molecule has 1 aromatic rings. The second-order valence-corrected chi connectivity index (χ2v) is 5.91. The molecule has 1 rings (SSSR count). The fourth-order valence-electron chi connectivity index (χ4n) is 2.19. The lowest BCUT2D eigenvalue weighted by atomic mass is 10.1. The van der Waals surface area contributed by atoms with Gasteiger partial charge in [-0.05, 0) is 25.5 Å². The number of carbonyl (C=O) groups excluding carboxylic acids is 2. The van der Waals surface area contributed by atoms with Crippen molar-refractivity contribution in [3.63, 3.8) is 0 Å². The summed E-state index contributed by atoms with van der Waals surface area (Å²) in [6, 6.07) is 2.85. The molecule has 2 N–H and O–H groups in total. The fraction of sp³-hybridized carbons (Fsp3) is 0.556. The summed E-state index contributed by atoms with van der Waals surface area (Å²) in [4.78, 5) is 23.8. The molecule has 0 aliphatic rings. The Balaban J connectivity index is 2.58. The molecule has 0 saturated carbocycles. The summed E-state index contributed by atoms with van der Waals surface area (Å²) >= 11 is 6.05. The molecule has 7 heteroatoms. The molecule has 0 unspecified atom stereocenters. The molecule has 0 bridgehead atoms. The van der Waals surface area contributed by atoms with Gasteiger partial charge in [0, 0.05) is 0 Å². The summed E-state index contributed by atoms with van der Waals surface area (Å²) in [6.45, 7) is 4.26. The number of halogens is 1. The predicted molar refractivity (Wildman–Crippen MR) is 97.2 cm³/mol. The van der Waals surface area contributed by atoms with Crippen molar-refractivity contribution >= 4 is 29.4 Å². The Bertz CT molecular complexity index is 577. The van der Waals surface area contributed by atoms with E-state index in [-0.39, 0.29) is 35.2 Å². The zero-order valence-corrected chi connectivity index (χ0v) is 15.6. The molecule has 0 aliphatic carbocycles. The zero-order valence-electron chi connectivity index (χ0n) is 14.8. The van der Waals surface area contributed by atoms with Crippen LogP contribution in [0.25, 0.3) is 0 Å². The Morgan fingerprint density at radius 1 is 1.04 bits per heavy atom. The Morgan fingerprint density at radius 3 is 2.40 bits per heavy atom. The van der Waals surface area contributed by atoms with Gasteiger partial charge in [-0.3, -0.25) is 0 Å². The molecule has 0 radical (unpaired) electrons. The lowest BCUT2D eigenvalue weighted by Gasteiger charge is -2.12. The van der Waals surface area contributed by atoms with Crippen molar-refractivity contribution in [3.05, 3.63) is 22.7 Å². The van der Waals surface area contributed by atoms with E-state index in [2.05, 4.69) is 6.92 Å². The number of carbonyl (C=O) groups is 2. The smallest absolute Gasteiger partial charge is 0.462 e. The fourth-order valence-corrected chi connectivity index (χ4v) is 2.39. The monoisotopic (exact) mass is 371 g/mol. The van der Waals surface area contributed by atoms with E-state index in [1.54, 1.807) is 6.92 Å². The third-order valence-electron chi connectivity index (χ3n) is 3.53. The molecule has 6 nitrogen and oxygen atoms in total. The van der Waals surface area contributed by atoms with Gasteiger partial charge in [0.2, 0.25) is 0 Å². The van der Waals surface area contributed by atoms with Gasteiger partial charge in [-0.2, -0.15) is 0 Å². The quantitative estimate of drug-likeness (QED) is 0.270. The van der Waals surface area contributed by atoms with Crippen LogP contribution in [0.5, 0.6) is 5.75 Å². The van der Waals surface area contributed by atoms with Crippen LogP contribution in [0.15, 0.2) is 12.1 Å². The normalized spacial score (nSPS) is 10.4. The van der Waals surface area contributed by atoms with Crippen LogP contribution in [-0.2, 0) is 9.47 Å². The van der Waals surface area contributed by atoms with Gasteiger partial charge in [0.15, 0.2) is 5.75 Å². The highest BCUT2D eigenvalue weighted by atomic mass is 35.5. The van der Waals surface area contributed by atoms with Crippen molar-refractivity contribution in [2.75, 3.05) is 18.9 Å². The molecule has 140 valence electrons. The molecule has 0 amide bonds. The number of nitrogen functional groups attached to an aromatic ring is 1. The van der Waals surface area contributed by atoms with Crippen molar-refractivity contribution in [2.45, 2.75) is 52.4 Å². The molecule has 25 heavy (non-hydrogen) atoms. The standard InChI is InChI=1S/C18H26ClNO5/c1-3-5-6-7-8-9-12-24-18(22)25-16-13(17(21)23-4-2)10-11-14(20)15(16)19/h10-11H,3-9,12,20H2,1-2H3. The van der Waals surface area contributed by atoms with Crippen LogP contribution >= 0.6 is 11.6 Å². The highest BCUT2D eigenvalue weighted by Gasteiger charge is 2.22. The second-order valence-electron chi connectivity index (χ2n) is 5.53. The first-order chi connectivity index (χ1) is 12.0. The molecular weight excluding hydrogens is 346 g/mol. The first-order valence-corrected chi connectivity index (χ1v) is 8.98. The number of ether oxygens (including phenoxy) is 3. The molecule has 0 aromatic heterocycles. The number of esters is 1. The Morgan fingerprint density at radius 2 is 1.72 bits per heavy atom. The topological polar surface area (TPSA) is 87.8 Å². The Hall–Kier alpha value is -1.95. The van der Waals surface area contributed by atoms with Gasteiger partial charge in [-0.1, -0.05) is 50.6 Å². The maximum atomic E-state index is 11.9. The summed E-state index contributed by atoms with van der Waals surface area (Å²) in [5.74, 6) is -0.795. The van der Waals surface area contributed by atoms with Crippen LogP contribution in [-0.4, -0.2) is 25.3 Å². The van der Waals surface area contributed by atoms with Gasteiger partial charge in [0.25, 0.3) is 0 Å². The molecule has 0 fully saturated rings. The summed E-state index contributed by atoms with van der Waals surface area (Å²) < 4.78 is 15.0. The van der Waals surface area contributed by atoms with Gasteiger partial charge in [0.05, 0.1) is 18.9 Å². The second kappa shape index (κ2) is 11.6. The summed E-state index contributed by atoms with van der Waals surface area (Å²) in [5, 5.41) is -0.0259. The van der Waals surface area contributed by atoms with Crippen LogP contribution in [0.2, 0.25) is 5.02 Å². The summed E-state index contributed by atoms with van der Waals surface area (Å²) in [7, 11) is 0. The van der Waals surface area contributed by atoms with E-state index < -0.39 is 12.1 Å². The molecule has 1 aromatic carbocycles. The third kappa shape index (κ3) is 7.22. The van der Waals surface area contributed by atoms with Gasteiger partial charge in [-0.25, -0.2) is 9.59 Å². The summed E-state index contributed by atoms with van der Waals surface area (Å²) in [6.07, 6.45) is 5.52. The average Bonchev–Trinajstić information content (AvgIpc) is 2.58. The van der Waals surface area contributed by atoms with Crippen LogP contribution in [0.1, 0.15) is 62.7 Å². The number of hydrogen-bond donors (Lipinski definition) is 1. The largest absolute Gasteiger partial charge is 0.513 e. The van der Waals surface area contributed by atoms with Gasteiger partial charge in [0.1, 0.15) is 10.6 Å². The van der Waals surface area contributed by atoms with Crippen molar-refractivity contribution < 1.29 is 23.8 Å². The van der Waals surface area contributed by atoms with E-state index in [0.29, 0.717) is 0 Å². The Kier molecular flexibility index (Phi) is 9.77. The van der Waals surface area contributed by atoms with Gasteiger partial charge < -0.3 is 19.9 Å². The minimum Gasteiger partial charge on any atom is -0.462 e. The number of nitrogens with two attached hydrogens (primary N) is 1. The van der Waals surface area contributed by atoms with E-state index in [4.69, 9.17) is 31.5 Å². The highest BCUT2D eigenvalue weighted by molar-refractivity contribution is 6.35. The van der Waals surface area contributed by atoms with Crippen LogP contribution in [0.4, 0.5) is 10.5 Å². The molecule has 0 spiro atoms.